The summed E-state index contributed by atoms with van der Waals surface area (Å²) in [5.74, 6) is -0.0883. The van der Waals surface area contributed by atoms with Crippen LogP contribution in [0.4, 0.5) is 10.5 Å². The maximum Gasteiger partial charge on any atom is 0.319 e. The van der Waals surface area contributed by atoms with E-state index in [4.69, 9.17) is 16.3 Å². The Morgan fingerprint density at radius 3 is 2.35 bits per heavy atom. The number of urea groups is 1. The third kappa shape index (κ3) is 6.11. The normalized spacial score (nSPS) is 19.2. The van der Waals surface area contributed by atoms with Gasteiger partial charge >= 0.3 is 6.03 Å². The molecule has 170 valence electrons. The molecule has 0 spiro atoms. The van der Waals surface area contributed by atoms with E-state index in [1.165, 1.54) is 0 Å². The Morgan fingerprint density at radius 2 is 1.77 bits per heavy atom. The summed E-state index contributed by atoms with van der Waals surface area (Å²) in [6.07, 6.45) is 1.45. The summed E-state index contributed by atoms with van der Waals surface area (Å²) in [6, 6.07) is 5.79. The van der Waals surface area contributed by atoms with E-state index in [0.717, 1.165) is 12.8 Å². The quantitative estimate of drug-likeness (QED) is 0.737. The second-order valence-corrected chi connectivity index (χ2v) is 9.54. The van der Waals surface area contributed by atoms with Crippen LogP contribution in [0.1, 0.15) is 33.6 Å². The van der Waals surface area contributed by atoms with Crippen molar-refractivity contribution in [3.63, 3.8) is 0 Å². The molecule has 3 rings (SSSR count). The highest BCUT2D eigenvalue weighted by atomic mass is 35.5. The zero-order valence-electron chi connectivity index (χ0n) is 18.3. The topological polar surface area (TPSA) is 91.0 Å². The number of halogens is 1. The number of rotatable bonds is 4. The number of likely N-dealkylation sites (tertiary alicyclic amines) is 1. The molecule has 2 aliphatic rings. The molecule has 2 saturated heterocycles. The van der Waals surface area contributed by atoms with Crippen molar-refractivity contribution in [1.29, 1.82) is 0 Å². The monoisotopic (exact) mass is 450 g/mol. The van der Waals surface area contributed by atoms with Gasteiger partial charge < -0.3 is 25.2 Å². The van der Waals surface area contributed by atoms with Gasteiger partial charge in [-0.2, -0.15) is 0 Å². The highest BCUT2D eigenvalue weighted by Gasteiger charge is 2.38. The lowest BCUT2D eigenvalue weighted by molar-refractivity contribution is -0.148. The minimum absolute atomic E-state index is 0.0177. The molecule has 9 heteroatoms. The molecule has 1 atom stereocenters. The van der Waals surface area contributed by atoms with Crippen LogP contribution in [-0.4, -0.2) is 72.6 Å². The number of carbonyl (C=O) groups excluding carboxylic acids is 3. The van der Waals surface area contributed by atoms with Crippen molar-refractivity contribution in [2.45, 2.75) is 45.7 Å². The van der Waals surface area contributed by atoms with Crippen molar-refractivity contribution in [1.82, 2.24) is 15.1 Å². The molecule has 31 heavy (non-hydrogen) atoms. The molecule has 0 aromatic heterocycles. The molecule has 2 fully saturated rings. The lowest BCUT2D eigenvalue weighted by Crippen LogP contribution is -2.58. The summed E-state index contributed by atoms with van der Waals surface area (Å²) < 4.78 is 5.21. The van der Waals surface area contributed by atoms with Crippen molar-refractivity contribution in [3.05, 3.63) is 29.3 Å². The molecule has 1 unspecified atom stereocenters. The van der Waals surface area contributed by atoms with Crippen molar-refractivity contribution in [2.24, 2.45) is 5.41 Å². The van der Waals surface area contributed by atoms with Crippen LogP contribution in [0.3, 0.4) is 0 Å². The molecule has 4 amide bonds. The summed E-state index contributed by atoms with van der Waals surface area (Å²) in [5, 5.41) is 6.17. The van der Waals surface area contributed by atoms with Crippen molar-refractivity contribution in [3.8, 4) is 0 Å². The summed E-state index contributed by atoms with van der Waals surface area (Å²) in [7, 11) is 0. The average Bonchev–Trinajstić information content (AvgIpc) is 2.73. The van der Waals surface area contributed by atoms with Gasteiger partial charge in [-0.25, -0.2) is 4.79 Å². The van der Waals surface area contributed by atoms with Gasteiger partial charge in [0.1, 0.15) is 12.6 Å². The Balaban J connectivity index is 1.59. The summed E-state index contributed by atoms with van der Waals surface area (Å²) in [5.41, 5.74) is 0.129. The number of hydrogen-bond donors (Lipinski definition) is 2. The third-order valence-electron chi connectivity index (χ3n) is 5.73. The van der Waals surface area contributed by atoms with Gasteiger partial charge in [0, 0.05) is 36.4 Å². The van der Waals surface area contributed by atoms with Crippen LogP contribution in [-0.2, 0) is 14.3 Å². The van der Waals surface area contributed by atoms with Gasteiger partial charge in [0.05, 0.1) is 6.61 Å². The second-order valence-electron chi connectivity index (χ2n) is 9.10. The SMILES string of the molecule is CC(C)(C)C(NC(=O)Nc1ccc(Cl)cc1)C(=O)N1CCC(N2CCOCC2=O)CC1. The van der Waals surface area contributed by atoms with Crippen LogP contribution in [0.5, 0.6) is 0 Å². The molecular formula is C22H31ClN4O4. The van der Waals surface area contributed by atoms with Gasteiger partial charge in [-0.15, -0.1) is 0 Å². The highest BCUT2D eigenvalue weighted by Crippen LogP contribution is 2.25. The predicted molar refractivity (Wildman–Crippen MR) is 119 cm³/mol. The van der Waals surface area contributed by atoms with Gasteiger partial charge in [0.15, 0.2) is 0 Å². The first-order valence-corrected chi connectivity index (χ1v) is 11.0. The molecule has 0 radical (unpaired) electrons. The maximum absolute atomic E-state index is 13.3. The minimum atomic E-state index is -0.679. The van der Waals surface area contributed by atoms with Gasteiger partial charge in [0.25, 0.3) is 0 Å². The molecule has 0 saturated carbocycles. The molecule has 2 heterocycles. The standard InChI is InChI=1S/C22H31ClN4O4/c1-22(2,3)19(25-21(30)24-16-6-4-15(23)5-7-16)20(29)26-10-8-17(9-11-26)27-12-13-31-14-18(27)28/h4-7,17,19H,8-14H2,1-3H3,(H2,24,25,30). The smallest absolute Gasteiger partial charge is 0.319 e. The number of piperidine rings is 1. The van der Waals surface area contributed by atoms with Gasteiger partial charge in [-0.1, -0.05) is 32.4 Å². The summed E-state index contributed by atoms with van der Waals surface area (Å²) in [6.45, 7) is 8.20. The van der Waals surface area contributed by atoms with Crippen LogP contribution >= 0.6 is 11.6 Å². The lowest BCUT2D eigenvalue weighted by atomic mass is 9.85. The van der Waals surface area contributed by atoms with E-state index in [2.05, 4.69) is 10.6 Å². The van der Waals surface area contributed by atoms with E-state index in [1.807, 2.05) is 25.7 Å². The van der Waals surface area contributed by atoms with Crippen LogP contribution < -0.4 is 10.6 Å². The molecule has 1 aromatic rings. The van der Waals surface area contributed by atoms with Crippen LogP contribution in [0.2, 0.25) is 5.02 Å². The Hall–Kier alpha value is -2.32. The number of amides is 4. The number of morpholine rings is 1. The first-order valence-electron chi connectivity index (χ1n) is 10.6. The fraction of sp³-hybridized carbons (Fsp3) is 0.591. The first-order chi connectivity index (χ1) is 14.6. The molecule has 0 bridgehead atoms. The molecule has 1 aromatic carbocycles. The van der Waals surface area contributed by atoms with E-state index in [0.29, 0.717) is 37.0 Å². The average molecular weight is 451 g/mol. The number of anilines is 1. The van der Waals surface area contributed by atoms with E-state index in [9.17, 15) is 14.4 Å². The first kappa shape index (κ1) is 23.3. The lowest BCUT2D eigenvalue weighted by Gasteiger charge is -2.42. The van der Waals surface area contributed by atoms with E-state index in [1.54, 1.807) is 29.2 Å². The van der Waals surface area contributed by atoms with Gasteiger partial charge in [0.2, 0.25) is 11.8 Å². The zero-order valence-corrected chi connectivity index (χ0v) is 19.1. The molecule has 2 N–H and O–H groups in total. The van der Waals surface area contributed by atoms with E-state index >= 15 is 0 Å². The largest absolute Gasteiger partial charge is 0.370 e. The van der Waals surface area contributed by atoms with E-state index in [-0.39, 0.29) is 24.5 Å². The Bertz CT molecular complexity index is 801. The maximum atomic E-state index is 13.3. The molecule has 8 nitrogen and oxygen atoms in total. The zero-order chi connectivity index (χ0) is 22.6. The molecule has 0 aliphatic carbocycles. The van der Waals surface area contributed by atoms with Crippen molar-refractivity contribution < 1.29 is 19.1 Å². The Morgan fingerprint density at radius 1 is 1.13 bits per heavy atom. The molecule has 2 aliphatic heterocycles. The summed E-state index contributed by atoms with van der Waals surface area (Å²) in [4.78, 5) is 41.6. The van der Waals surface area contributed by atoms with Crippen LogP contribution in [0, 0.1) is 5.41 Å². The number of ether oxygens (including phenoxy) is 1. The summed E-state index contributed by atoms with van der Waals surface area (Å²) >= 11 is 5.88. The fourth-order valence-electron chi connectivity index (χ4n) is 3.98. The predicted octanol–water partition coefficient (Wildman–Crippen LogP) is 2.73. The number of nitrogens with one attached hydrogen (secondary N) is 2. The van der Waals surface area contributed by atoms with Gasteiger partial charge in [-0.3, -0.25) is 9.59 Å². The second kappa shape index (κ2) is 9.87. The van der Waals surface area contributed by atoms with Crippen molar-refractivity contribution >= 4 is 35.1 Å². The van der Waals surface area contributed by atoms with E-state index < -0.39 is 17.5 Å². The van der Waals surface area contributed by atoms with Gasteiger partial charge in [-0.05, 0) is 42.5 Å². The highest BCUT2D eigenvalue weighted by molar-refractivity contribution is 6.30. The Kier molecular flexibility index (Phi) is 7.43. The fourth-order valence-corrected chi connectivity index (χ4v) is 4.10. The number of carbonyl (C=O) groups is 3. The van der Waals surface area contributed by atoms with Crippen molar-refractivity contribution in [2.75, 3.05) is 38.2 Å². The number of hydrogen-bond acceptors (Lipinski definition) is 4. The minimum Gasteiger partial charge on any atom is -0.370 e. The number of benzene rings is 1. The number of nitrogens with zero attached hydrogens (tertiary/aromatic N) is 2. The van der Waals surface area contributed by atoms with Crippen LogP contribution in [0.15, 0.2) is 24.3 Å². The third-order valence-corrected chi connectivity index (χ3v) is 5.98. The van der Waals surface area contributed by atoms with Crippen LogP contribution in [0.25, 0.3) is 0 Å². The Labute approximate surface area is 188 Å². The molecular weight excluding hydrogens is 420 g/mol.